The Morgan fingerprint density at radius 3 is 2.52 bits per heavy atom. The lowest BCUT2D eigenvalue weighted by Crippen LogP contribution is -2.04. The zero-order valence-electron chi connectivity index (χ0n) is 12.7. The summed E-state index contributed by atoms with van der Waals surface area (Å²) in [5.41, 5.74) is 6.36. The van der Waals surface area contributed by atoms with E-state index in [1.165, 1.54) is 11.1 Å². The SMILES string of the molecule is Cc1ccc(-n2c(C(C)Cl)nc3cc(C)cnc32)c(C)c1. The molecule has 2 aromatic heterocycles. The Bertz CT molecular complexity index is 818. The lowest BCUT2D eigenvalue weighted by atomic mass is 10.1. The van der Waals surface area contributed by atoms with Crippen molar-refractivity contribution in [1.29, 1.82) is 0 Å². The number of fused-ring (bicyclic) bond motifs is 1. The number of aryl methyl sites for hydroxylation is 3. The first kappa shape index (κ1) is 14.1. The number of pyridine rings is 1. The molecule has 0 spiro atoms. The minimum absolute atomic E-state index is 0.180. The van der Waals surface area contributed by atoms with Gasteiger partial charge in [0.1, 0.15) is 11.3 Å². The molecule has 2 heterocycles. The van der Waals surface area contributed by atoms with Crippen molar-refractivity contribution in [3.8, 4) is 5.69 Å². The van der Waals surface area contributed by atoms with Crippen LogP contribution in [0.1, 0.15) is 34.8 Å². The number of aromatic nitrogens is 3. The van der Waals surface area contributed by atoms with Crippen molar-refractivity contribution in [2.75, 3.05) is 0 Å². The molecule has 108 valence electrons. The van der Waals surface area contributed by atoms with Crippen LogP contribution in [0, 0.1) is 20.8 Å². The van der Waals surface area contributed by atoms with Gasteiger partial charge in [0, 0.05) is 6.20 Å². The van der Waals surface area contributed by atoms with Crippen LogP contribution in [-0.4, -0.2) is 14.5 Å². The largest absolute Gasteiger partial charge is 0.279 e. The lowest BCUT2D eigenvalue weighted by molar-refractivity contribution is 0.872. The molecule has 0 radical (unpaired) electrons. The summed E-state index contributed by atoms with van der Waals surface area (Å²) in [5.74, 6) is 0.830. The van der Waals surface area contributed by atoms with E-state index in [0.29, 0.717) is 0 Å². The van der Waals surface area contributed by atoms with E-state index in [4.69, 9.17) is 11.6 Å². The molecule has 0 saturated carbocycles. The van der Waals surface area contributed by atoms with Crippen LogP contribution in [0.4, 0.5) is 0 Å². The second kappa shape index (κ2) is 5.15. The molecule has 0 bridgehead atoms. The molecule has 0 N–H and O–H groups in total. The molecular weight excluding hydrogens is 282 g/mol. The summed E-state index contributed by atoms with van der Waals surface area (Å²) >= 11 is 6.34. The molecule has 21 heavy (non-hydrogen) atoms. The Kier molecular flexibility index (Phi) is 3.46. The number of nitrogens with zero attached hydrogens (tertiary/aromatic N) is 3. The number of imidazole rings is 1. The highest BCUT2D eigenvalue weighted by molar-refractivity contribution is 6.20. The second-order valence-corrected chi connectivity index (χ2v) is 6.22. The lowest BCUT2D eigenvalue weighted by Gasteiger charge is -2.13. The third-order valence-corrected chi connectivity index (χ3v) is 3.80. The number of hydrogen-bond donors (Lipinski definition) is 0. The molecule has 0 fully saturated rings. The van der Waals surface area contributed by atoms with Crippen LogP contribution in [0.5, 0.6) is 0 Å². The van der Waals surface area contributed by atoms with E-state index < -0.39 is 0 Å². The van der Waals surface area contributed by atoms with Gasteiger partial charge >= 0.3 is 0 Å². The summed E-state index contributed by atoms with van der Waals surface area (Å²) < 4.78 is 2.07. The van der Waals surface area contributed by atoms with Gasteiger partial charge in [0.05, 0.1) is 11.1 Å². The van der Waals surface area contributed by atoms with Crippen LogP contribution in [0.25, 0.3) is 16.9 Å². The maximum Gasteiger partial charge on any atom is 0.164 e. The first-order chi connectivity index (χ1) is 9.97. The van der Waals surface area contributed by atoms with Gasteiger partial charge < -0.3 is 0 Å². The zero-order valence-corrected chi connectivity index (χ0v) is 13.4. The van der Waals surface area contributed by atoms with Gasteiger partial charge in [-0.1, -0.05) is 17.7 Å². The number of hydrogen-bond acceptors (Lipinski definition) is 2. The van der Waals surface area contributed by atoms with Crippen LogP contribution in [0.15, 0.2) is 30.5 Å². The quantitative estimate of drug-likeness (QED) is 0.645. The van der Waals surface area contributed by atoms with Gasteiger partial charge in [-0.15, -0.1) is 11.6 Å². The average Bonchev–Trinajstić information content (AvgIpc) is 2.77. The smallest absolute Gasteiger partial charge is 0.164 e. The highest BCUT2D eigenvalue weighted by Gasteiger charge is 2.18. The minimum atomic E-state index is -0.180. The van der Waals surface area contributed by atoms with Crippen molar-refractivity contribution in [2.24, 2.45) is 0 Å². The topological polar surface area (TPSA) is 30.7 Å². The molecule has 0 amide bonds. The van der Waals surface area contributed by atoms with E-state index in [-0.39, 0.29) is 5.38 Å². The van der Waals surface area contributed by atoms with Crippen molar-refractivity contribution in [2.45, 2.75) is 33.1 Å². The Hall–Kier alpha value is -1.87. The monoisotopic (exact) mass is 299 g/mol. The van der Waals surface area contributed by atoms with Crippen LogP contribution in [0.2, 0.25) is 0 Å². The van der Waals surface area contributed by atoms with Crippen molar-refractivity contribution < 1.29 is 0 Å². The molecular formula is C17H18ClN3. The normalized spacial score (nSPS) is 12.8. The summed E-state index contributed by atoms with van der Waals surface area (Å²) in [6.45, 7) is 8.16. The average molecular weight is 300 g/mol. The van der Waals surface area contributed by atoms with Crippen molar-refractivity contribution in [1.82, 2.24) is 14.5 Å². The first-order valence-corrected chi connectivity index (χ1v) is 7.47. The maximum atomic E-state index is 6.34. The summed E-state index contributed by atoms with van der Waals surface area (Å²) in [7, 11) is 0. The Labute approximate surface area is 129 Å². The molecule has 3 nitrogen and oxygen atoms in total. The van der Waals surface area contributed by atoms with E-state index in [1.807, 2.05) is 26.1 Å². The fourth-order valence-corrected chi connectivity index (χ4v) is 2.79. The van der Waals surface area contributed by atoms with Gasteiger partial charge in [0.2, 0.25) is 0 Å². The van der Waals surface area contributed by atoms with Crippen LogP contribution in [0.3, 0.4) is 0 Å². The molecule has 1 aromatic carbocycles. The fraction of sp³-hybridized carbons (Fsp3) is 0.294. The van der Waals surface area contributed by atoms with Gasteiger partial charge in [-0.25, -0.2) is 9.97 Å². The first-order valence-electron chi connectivity index (χ1n) is 7.04. The van der Waals surface area contributed by atoms with Gasteiger partial charge in [-0.2, -0.15) is 0 Å². The van der Waals surface area contributed by atoms with E-state index in [0.717, 1.165) is 28.2 Å². The van der Waals surface area contributed by atoms with Crippen molar-refractivity contribution >= 4 is 22.8 Å². The maximum absolute atomic E-state index is 6.34. The Balaban J connectivity index is 2.36. The van der Waals surface area contributed by atoms with E-state index in [2.05, 4.69) is 46.6 Å². The van der Waals surface area contributed by atoms with Crippen LogP contribution < -0.4 is 0 Å². The molecule has 0 aliphatic carbocycles. The van der Waals surface area contributed by atoms with Gasteiger partial charge in [-0.3, -0.25) is 4.57 Å². The summed E-state index contributed by atoms with van der Waals surface area (Å²) in [4.78, 5) is 9.25. The van der Waals surface area contributed by atoms with Crippen molar-refractivity contribution in [3.63, 3.8) is 0 Å². The van der Waals surface area contributed by atoms with E-state index in [1.54, 1.807) is 0 Å². The molecule has 4 heteroatoms. The zero-order chi connectivity index (χ0) is 15.1. The Morgan fingerprint density at radius 2 is 1.86 bits per heavy atom. The number of benzene rings is 1. The molecule has 0 aliphatic heterocycles. The molecule has 3 rings (SSSR count). The van der Waals surface area contributed by atoms with E-state index in [9.17, 15) is 0 Å². The van der Waals surface area contributed by atoms with Crippen LogP contribution in [-0.2, 0) is 0 Å². The third kappa shape index (κ3) is 2.42. The highest BCUT2D eigenvalue weighted by atomic mass is 35.5. The standard InChI is InChI=1S/C17H18ClN3/c1-10-5-6-15(12(3)7-10)21-16(13(4)18)20-14-8-11(2)9-19-17(14)21/h5-9,13H,1-4H3. The molecule has 3 aromatic rings. The number of halogens is 1. The number of alkyl halides is 1. The summed E-state index contributed by atoms with van der Waals surface area (Å²) in [6, 6.07) is 8.42. The highest BCUT2D eigenvalue weighted by Crippen LogP contribution is 2.29. The Morgan fingerprint density at radius 1 is 1.10 bits per heavy atom. The van der Waals surface area contributed by atoms with Gasteiger partial charge in [0.25, 0.3) is 0 Å². The summed E-state index contributed by atoms with van der Waals surface area (Å²) in [6.07, 6.45) is 1.87. The van der Waals surface area contributed by atoms with Gasteiger partial charge in [-0.05, 0) is 51.0 Å². The molecule has 0 saturated heterocycles. The summed E-state index contributed by atoms with van der Waals surface area (Å²) in [5, 5.41) is -0.180. The minimum Gasteiger partial charge on any atom is -0.279 e. The molecule has 0 aliphatic rings. The molecule has 1 atom stereocenters. The second-order valence-electron chi connectivity index (χ2n) is 5.57. The van der Waals surface area contributed by atoms with Crippen LogP contribution >= 0.6 is 11.6 Å². The van der Waals surface area contributed by atoms with Gasteiger partial charge in [0.15, 0.2) is 5.65 Å². The predicted molar refractivity (Wildman–Crippen MR) is 87.3 cm³/mol. The van der Waals surface area contributed by atoms with Crippen molar-refractivity contribution in [3.05, 3.63) is 53.0 Å². The van der Waals surface area contributed by atoms with E-state index >= 15 is 0 Å². The fourth-order valence-electron chi connectivity index (χ4n) is 2.64. The third-order valence-electron chi connectivity index (χ3n) is 3.61. The number of rotatable bonds is 2. The molecule has 1 unspecified atom stereocenters. The predicted octanol–water partition coefficient (Wildman–Crippen LogP) is 4.65.